The third kappa shape index (κ3) is 2.79. The second-order valence-corrected chi connectivity index (χ2v) is 2.62. The molecule has 0 bridgehead atoms. The first-order valence-corrected chi connectivity index (χ1v) is 3.68. The molecule has 4 nitrogen and oxygen atoms in total. The van der Waals surface area contributed by atoms with E-state index in [0.717, 1.165) is 6.07 Å². The van der Waals surface area contributed by atoms with Crippen LogP contribution in [-0.4, -0.2) is 16.1 Å². The maximum atomic E-state index is 12.6. The lowest BCUT2D eigenvalue weighted by Crippen LogP contribution is -2.15. The minimum atomic E-state index is -1.01. The van der Waals surface area contributed by atoms with Crippen LogP contribution in [0, 0.1) is 5.95 Å². The van der Waals surface area contributed by atoms with Crippen molar-refractivity contribution in [3.05, 3.63) is 29.8 Å². The van der Waals surface area contributed by atoms with Gasteiger partial charge >= 0.3 is 5.97 Å². The molecule has 0 saturated carbocycles. The summed E-state index contributed by atoms with van der Waals surface area (Å²) in [6.07, 6.45) is 1.04. The van der Waals surface area contributed by atoms with E-state index in [4.69, 9.17) is 10.8 Å². The molecule has 1 unspecified atom stereocenters. The van der Waals surface area contributed by atoms with E-state index >= 15 is 0 Å². The fraction of sp³-hybridized carbons (Fsp3) is 0.250. The monoisotopic (exact) mass is 184 g/mol. The number of pyridine rings is 1. The van der Waals surface area contributed by atoms with Gasteiger partial charge in [-0.1, -0.05) is 0 Å². The van der Waals surface area contributed by atoms with E-state index in [2.05, 4.69) is 4.98 Å². The lowest BCUT2D eigenvalue weighted by atomic mass is 10.1. The van der Waals surface area contributed by atoms with Crippen LogP contribution >= 0.6 is 0 Å². The lowest BCUT2D eigenvalue weighted by molar-refractivity contribution is -0.137. The van der Waals surface area contributed by atoms with Crippen LogP contribution in [0.3, 0.4) is 0 Å². The lowest BCUT2D eigenvalue weighted by Gasteiger charge is -2.07. The number of nitrogens with two attached hydrogens (primary N) is 1. The van der Waals surface area contributed by atoms with Gasteiger partial charge in [0.1, 0.15) is 0 Å². The number of halogens is 1. The molecule has 1 aromatic rings. The highest BCUT2D eigenvalue weighted by Crippen LogP contribution is 2.13. The number of aromatic nitrogens is 1. The molecule has 13 heavy (non-hydrogen) atoms. The Morgan fingerprint density at radius 3 is 3.00 bits per heavy atom. The normalized spacial score (nSPS) is 12.5. The number of hydrogen-bond acceptors (Lipinski definition) is 3. The van der Waals surface area contributed by atoms with Crippen molar-refractivity contribution in [2.75, 3.05) is 0 Å². The molecular formula is C8H9FN2O2. The standard InChI is InChI=1S/C8H9FN2O2/c9-7-3-5(1-2-11-7)6(10)4-8(12)13/h1-3,6H,4,10H2,(H,12,13). The Kier molecular flexibility index (Phi) is 2.92. The molecule has 0 aliphatic rings. The number of aliphatic carboxylic acids is 1. The molecule has 5 heteroatoms. The molecular weight excluding hydrogens is 175 g/mol. The van der Waals surface area contributed by atoms with Gasteiger partial charge in [-0.3, -0.25) is 4.79 Å². The molecule has 0 saturated heterocycles. The summed E-state index contributed by atoms with van der Waals surface area (Å²) in [4.78, 5) is 13.6. The maximum absolute atomic E-state index is 12.6. The molecule has 0 spiro atoms. The number of carboxylic acids is 1. The highest BCUT2D eigenvalue weighted by atomic mass is 19.1. The quantitative estimate of drug-likeness (QED) is 0.678. The summed E-state index contributed by atoms with van der Waals surface area (Å²) in [7, 11) is 0. The fourth-order valence-electron chi connectivity index (χ4n) is 0.954. The van der Waals surface area contributed by atoms with Crippen LogP contribution in [0.4, 0.5) is 4.39 Å². The zero-order valence-electron chi connectivity index (χ0n) is 6.77. The van der Waals surface area contributed by atoms with Gasteiger partial charge in [-0.15, -0.1) is 0 Å². The minimum absolute atomic E-state index is 0.219. The van der Waals surface area contributed by atoms with E-state index in [1.807, 2.05) is 0 Å². The molecule has 1 aromatic heterocycles. The van der Waals surface area contributed by atoms with Crippen molar-refractivity contribution >= 4 is 5.97 Å². The van der Waals surface area contributed by atoms with Crippen LogP contribution in [0.1, 0.15) is 18.0 Å². The zero-order chi connectivity index (χ0) is 9.84. The van der Waals surface area contributed by atoms with Crippen molar-refractivity contribution in [3.8, 4) is 0 Å². The van der Waals surface area contributed by atoms with E-state index in [0.29, 0.717) is 5.56 Å². The largest absolute Gasteiger partial charge is 0.481 e. The van der Waals surface area contributed by atoms with Gasteiger partial charge in [-0.25, -0.2) is 4.98 Å². The maximum Gasteiger partial charge on any atom is 0.305 e. The second-order valence-electron chi connectivity index (χ2n) is 2.62. The number of rotatable bonds is 3. The predicted molar refractivity (Wildman–Crippen MR) is 43.4 cm³/mol. The summed E-state index contributed by atoms with van der Waals surface area (Å²) in [5.74, 6) is -1.66. The van der Waals surface area contributed by atoms with Gasteiger partial charge in [0.2, 0.25) is 5.95 Å². The van der Waals surface area contributed by atoms with Crippen LogP contribution in [0.25, 0.3) is 0 Å². The highest BCUT2D eigenvalue weighted by molar-refractivity contribution is 5.67. The first-order chi connectivity index (χ1) is 6.09. The third-order valence-electron chi connectivity index (χ3n) is 1.57. The van der Waals surface area contributed by atoms with Crippen LogP contribution in [0.15, 0.2) is 18.3 Å². The third-order valence-corrected chi connectivity index (χ3v) is 1.57. The summed E-state index contributed by atoms with van der Waals surface area (Å²) in [5.41, 5.74) is 5.93. The van der Waals surface area contributed by atoms with E-state index in [1.165, 1.54) is 12.3 Å². The van der Waals surface area contributed by atoms with E-state index in [1.54, 1.807) is 0 Å². The van der Waals surface area contributed by atoms with Crippen molar-refractivity contribution in [1.82, 2.24) is 4.98 Å². The Morgan fingerprint density at radius 2 is 2.46 bits per heavy atom. The molecule has 70 valence electrons. The molecule has 0 amide bonds. The number of carboxylic acid groups (broad SMARTS) is 1. The van der Waals surface area contributed by atoms with Crippen LogP contribution in [0.2, 0.25) is 0 Å². The minimum Gasteiger partial charge on any atom is -0.481 e. The average molecular weight is 184 g/mol. The first kappa shape index (κ1) is 9.60. The van der Waals surface area contributed by atoms with Crippen molar-refractivity contribution < 1.29 is 14.3 Å². The molecule has 0 aliphatic heterocycles. The number of nitrogens with zero attached hydrogens (tertiary/aromatic N) is 1. The summed E-state index contributed by atoms with van der Waals surface area (Å²) < 4.78 is 12.6. The molecule has 0 aliphatic carbocycles. The van der Waals surface area contributed by atoms with Crippen molar-refractivity contribution in [3.63, 3.8) is 0 Å². The average Bonchev–Trinajstić information content (AvgIpc) is 2.03. The van der Waals surface area contributed by atoms with Gasteiger partial charge in [-0.05, 0) is 17.7 Å². The van der Waals surface area contributed by atoms with Crippen molar-refractivity contribution in [2.45, 2.75) is 12.5 Å². The van der Waals surface area contributed by atoms with Crippen LogP contribution in [-0.2, 0) is 4.79 Å². The number of carbonyl (C=O) groups is 1. The van der Waals surface area contributed by atoms with Crippen LogP contribution in [0.5, 0.6) is 0 Å². The molecule has 1 rings (SSSR count). The van der Waals surface area contributed by atoms with Gasteiger partial charge in [0.25, 0.3) is 0 Å². The summed E-state index contributed by atoms with van der Waals surface area (Å²) in [5, 5.41) is 8.43. The van der Waals surface area contributed by atoms with Crippen molar-refractivity contribution in [2.24, 2.45) is 5.73 Å². The van der Waals surface area contributed by atoms with E-state index in [9.17, 15) is 9.18 Å². The second kappa shape index (κ2) is 3.95. The zero-order valence-corrected chi connectivity index (χ0v) is 6.77. The van der Waals surface area contributed by atoms with Gasteiger partial charge in [0.05, 0.1) is 6.42 Å². The fourth-order valence-corrected chi connectivity index (χ4v) is 0.954. The Morgan fingerprint density at radius 1 is 1.77 bits per heavy atom. The molecule has 0 aromatic carbocycles. The Hall–Kier alpha value is -1.49. The highest BCUT2D eigenvalue weighted by Gasteiger charge is 2.10. The SMILES string of the molecule is NC(CC(=O)O)c1ccnc(F)c1. The summed E-state index contributed by atoms with van der Waals surface area (Å²) >= 11 is 0. The summed E-state index contributed by atoms with van der Waals surface area (Å²) in [6.45, 7) is 0. The Balaban J connectivity index is 2.76. The van der Waals surface area contributed by atoms with Gasteiger partial charge < -0.3 is 10.8 Å². The molecule has 0 fully saturated rings. The number of hydrogen-bond donors (Lipinski definition) is 2. The Labute approximate surface area is 74.2 Å². The van der Waals surface area contributed by atoms with Gasteiger partial charge in [-0.2, -0.15) is 4.39 Å². The van der Waals surface area contributed by atoms with E-state index in [-0.39, 0.29) is 6.42 Å². The molecule has 0 radical (unpaired) electrons. The van der Waals surface area contributed by atoms with Crippen molar-refractivity contribution in [1.29, 1.82) is 0 Å². The Bertz CT molecular complexity index is 317. The molecule has 1 atom stereocenters. The topological polar surface area (TPSA) is 76.2 Å². The smallest absolute Gasteiger partial charge is 0.305 e. The first-order valence-electron chi connectivity index (χ1n) is 3.68. The van der Waals surface area contributed by atoms with Gasteiger partial charge in [0, 0.05) is 12.2 Å². The predicted octanol–water partition coefficient (Wildman–Crippen LogP) is 0.695. The van der Waals surface area contributed by atoms with E-state index < -0.39 is 18.0 Å². The molecule has 3 N–H and O–H groups in total. The van der Waals surface area contributed by atoms with Crippen LogP contribution < -0.4 is 5.73 Å². The van der Waals surface area contributed by atoms with Gasteiger partial charge in [0.15, 0.2) is 0 Å². The summed E-state index contributed by atoms with van der Waals surface area (Å²) in [6, 6.07) is 1.94. The molecule has 1 heterocycles.